The summed E-state index contributed by atoms with van der Waals surface area (Å²) in [6, 6.07) is 8.57. The summed E-state index contributed by atoms with van der Waals surface area (Å²) in [5.74, 6) is 2.43. The van der Waals surface area contributed by atoms with Gasteiger partial charge < -0.3 is 29.0 Å². The van der Waals surface area contributed by atoms with Gasteiger partial charge in [0.25, 0.3) is 0 Å². The summed E-state index contributed by atoms with van der Waals surface area (Å²) >= 11 is 0. The van der Waals surface area contributed by atoms with Crippen molar-refractivity contribution in [1.29, 1.82) is 0 Å². The topological polar surface area (TPSA) is 75.3 Å². The van der Waals surface area contributed by atoms with E-state index in [4.69, 9.17) is 23.7 Å². The molecule has 27 heavy (non-hydrogen) atoms. The maximum Gasteiger partial charge on any atom is 0.248 e. The van der Waals surface area contributed by atoms with E-state index in [2.05, 4.69) is 5.32 Å². The number of methoxy groups -OCH3 is 5. The molecule has 0 fully saturated rings. The molecule has 2 aromatic rings. The summed E-state index contributed by atoms with van der Waals surface area (Å²) in [5, 5.41) is 2.77. The van der Waals surface area contributed by atoms with Crippen LogP contribution in [0.3, 0.4) is 0 Å². The largest absolute Gasteiger partial charge is 0.497 e. The Kier molecular flexibility index (Phi) is 6.93. The fraction of sp³-hybridized carbons (Fsp3) is 0.250. The Bertz CT molecular complexity index is 831. The third-order valence-electron chi connectivity index (χ3n) is 3.81. The van der Waals surface area contributed by atoms with Gasteiger partial charge in [-0.15, -0.1) is 0 Å². The minimum absolute atomic E-state index is 0.335. The molecule has 0 aromatic heterocycles. The van der Waals surface area contributed by atoms with Gasteiger partial charge in [-0.25, -0.2) is 0 Å². The van der Waals surface area contributed by atoms with E-state index in [1.54, 1.807) is 64.8 Å². The predicted molar refractivity (Wildman–Crippen MR) is 103 cm³/mol. The number of anilines is 1. The second-order valence-corrected chi connectivity index (χ2v) is 5.34. The first-order valence-electron chi connectivity index (χ1n) is 8.07. The van der Waals surface area contributed by atoms with Gasteiger partial charge in [0.2, 0.25) is 5.91 Å². The molecule has 7 heteroatoms. The summed E-state index contributed by atoms with van der Waals surface area (Å²) in [4.78, 5) is 12.3. The lowest BCUT2D eigenvalue weighted by molar-refractivity contribution is -0.111. The minimum atomic E-state index is -0.335. The number of carbonyl (C=O) groups excluding carboxylic acids is 1. The zero-order valence-corrected chi connectivity index (χ0v) is 16.0. The van der Waals surface area contributed by atoms with E-state index in [9.17, 15) is 4.79 Å². The van der Waals surface area contributed by atoms with E-state index in [1.165, 1.54) is 13.2 Å². The molecule has 0 spiro atoms. The first-order valence-corrected chi connectivity index (χ1v) is 8.07. The molecule has 0 aliphatic rings. The van der Waals surface area contributed by atoms with Crippen molar-refractivity contribution in [3.63, 3.8) is 0 Å². The fourth-order valence-corrected chi connectivity index (χ4v) is 2.43. The molecule has 7 nitrogen and oxygen atoms in total. The van der Waals surface area contributed by atoms with Crippen molar-refractivity contribution >= 4 is 17.7 Å². The highest BCUT2D eigenvalue weighted by atomic mass is 16.5. The fourth-order valence-electron chi connectivity index (χ4n) is 2.43. The van der Waals surface area contributed by atoms with Crippen molar-refractivity contribution in [2.45, 2.75) is 0 Å². The Morgan fingerprint density at radius 1 is 0.778 bits per heavy atom. The monoisotopic (exact) mass is 373 g/mol. The molecule has 0 saturated carbocycles. The van der Waals surface area contributed by atoms with Gasteiger partial charge in [0, 0.05) is 23.8 Å². The second kappa shape index (κ2) is 9.38. The van der Waals surface area contributed by atoms with Crippen LogP contribution in [-0.2, 0) is 4.79 Å². The summed E-state index contributed by atoms with van der Waals surface area (Å²) in [6.07, 6.45) is 3.02. The molecule has 0 unspecified atom stereocenters. The lowest BCUT2D eigenvalue weighted by Crippen LogP contribution is -2.09. The van der Waals surface area contributed by atoms with Crippen molar-refractivity contribution in [3.05, 3.63) is 42.0 Å². The Labute approximate surface area is 158 Å². The Morgan fingerprint density at radius 3 is 2.00 bits per heavy atom. The highest BCUT2D eigenvalue weighted by Crippen LogP contribution is 2.35. The highest BCUT2D eigenvalue weighted by molar-refractivity contribution is 6.03. The summed E-state index contributed by atoms with van der Waals surface area (Å²) < 4.78 is 26.3. The van der Waals surface area contributed by atoms with Gasteiger partial charge in [0.15, 0.2) is 11.5 Å². The van der Waals surface area contributed by atoms with E-state index >= 15 is 0 Å². The van der Waals surface area contributed by atoms with Crippen LogP contribution in [0.25, 0.3) is 6.08 Å². The average Bonchev–Trinajstić information content (AvgIpc) is 2.71. The van der Waals surface area contributed by atoms with E-state index in [0.29, 0.717) is 40.0 Å². The van der Waals surface area contributed by atoms with Crippen LogP contribution >= 0.6 is 0 Å². The molecule has 0 radical (unpaired) electrons. The lowest BCUT2D eigenvalue weighted by Gasteiger charge is -2.12. The molecule has 0 aliphatic carbocycles. The van der Waals surface area contributed by atoms with Crippen molar-refractivity contribution in [2.24, 2.45) is 0 Å². The van der Waals surface area contributed by atoms with Crippen molar-refractivity contribution in [2.75, 3.05) is 40.9 Å². The number of benzene rings is 2. The van der Waals surface area contributed by atoms with Gasteiger partial charge in [-0.1, -0.05) is 0 Å². The van der Waals surface area contributed by atoms with Gasteiger partial charge in [-0.2, -0.15) is 0 Å². The zero-order valence-electron chi connectivity index (χ0n) is 16.0. The third-order valence-corrected chi connectivity index (χ3v) is 3.81. The first-order chi connectivity index (χ1) is 13.1. The third kappa shape index (κ3) is 4.84. The normalized spacial score (nSPS) is 10.4. The minimum Gasteiger partial charge on any atom is -0.497 e. The zero-order chi connectivity index (χ0) is 19.8. The molecule has 1 amide bonds. The van der Waals surface area contributed by atoms with Crippen LogP contribution in [0.2, 0.25) is 0 Å². The summed E-state index contributed by atoms with van der Waals surface area (Å²) in [7, 11) is 7.71. The van der Waals surface area contributed by atoms with Gasteiger partial charge in [0.05, 0.1) is 41.2 Å². The quantitative estimate of drug-likeness (QED) is 0.715. The van der Waals surface area contributed by atoms with Crippen LogP contribution in [0.1, 0.15) is 5.56 Å². The van der Waals surface area contributed by atoms with Crippen LogP contribution in [0.5, 0.6) is 28.7 Å². The Balaban J connectivity index is 2.24. The molecule has 0 atom stereocenters. The van der Waals surface area contributed by atoms with E-state index in [1.807, 2.05) is 0 Å². The smallest absolute Gasteiger partial charge is 0.248 e. The molecule has 0 saturated heterocycles. The number of nitrogens with one attached hydrogen (secondary N) is 1. The van der Waals surface area contributed by atoms with Gasteiger partial charge in [0.1, 0.15) is 17.2 Å². The van der Waals surface area contributed by atoms with Gasteiger partial charge in [-0.05, 0) is 24.3 Å². The predicted octanol–water partition coefficient (Wildman–Crippen LogP) is 3.38. The maximum atomic E-state index is 12.3. The van der Waals surface area contributed by atoms with Gasteiger partial charge >= 0.3 is 0 Å². The first kappa shape index (κ1) is 20.0. The summed E-state index contributed by atoms with van der Waals surface area (Å²) in [5.41, 5.74) is 1.17. The molecule has 0 heterocycles. The van der Waals surface area contributed by atoms with Crippen LogP contribution in [0.4, 0.5) is 5.69 Å². The number of hydrogen-bond donors (Lipinski definition) is 1. The summed E-state index contributed by atoms with van der Waals surface area (Å²) in [6.45, 7) is 0. The number of hydrogen-bond acceptors (Lipinski definition) is 6. The average molecular weight is 373 g/mol. The number of ether oxygens (including phenoxy) is 5. The number of rotatable bonds is 8. The molecule has 2 rings (SSSR count). The number of amides is 1. The molecule has 1 N–H and O–H groups in total. The SMILES string of the molecule is COc1ccc(OC)c(NC(=O)/C=C/c2cc(OC)c(OC)cc2OC)c1. The maximum absolute atomic E-state index is 12.3. The Hall–Kier alpha value is -3.35. The van der Waals surface area contributed by atoms with Crippen LogP contribution in [0.15, 0.2) is 36.4 Å². The second-order valence-electron chi connectivity index (χ2n) is 5.34. The highest BCUT2D eigenvalue weighted by Gasteiger charge is 2.11. The molecule has 0 aliphatic heterocycles. The Morgan fingerprint density at radius 2 is 1.41 bits per heavy atom. The lowest BCUT2D eigenvalue weighted by atomic mass is 10.1. The standard InChI is InChI=1S/C20H23NO6/c1-23-14-7-8-16(24-2)15(11-14)21-20(22)9-6-13-10-18(26-4)19(27-5)12-17(13)25-3/h6-12H,1-5H3,(H,21,22)/b9-6+. The number of carbonyl (C=O) groups is 1. The molecule has 144 valence electrons. The van der Waals surface area contributed by atoms with Gasteiger partial charge in [-0.3, -0.25) is 4.79 Å². The van der Waals surface area contributed by atoms with Crippen molar-refractivity contribution in [1.82, 2.24) is 0 Å². The molecule has 2 aromatic carbocycles. The molecular weight excluding hydrogens is 350 g/mol. The van der Waals surface area contributed by atoms with E-state index in [0.717, 1.165) is 0 Å². The van der Waals surface area contributed by atoms with Crippen LogP contribution in [0, 0.1) is 0 Å². The van der Waals surface area contributed by atoms with Crippen molar-refractivity contribution in [3.8, 4) is 28.7 Å². The van der Waals surface area contributed by atoms with Crippen molar-refractivity contribution < 1.29 is 28.5 Å². The van der Waals surface area contributed by atoms with Crippen LogP contribution in [-0.4, -0.2) is 41.5 Å². The van der Waals surface area contributed by atoms with E-state index in [-0.39, 0.29) is 5.91 Å². The molecular formula is C20H23NO6. The molecule has 0 bridgehead atoms. The van der Waals surface area contributed by atoms with E-state index < -0.39 is 0 Å². The van der Waals surface area contributed by atoms with Crippen LogP contribution < -0.4 is 29.0 Å².